The summed E-state index contributed by atoms with van der Waals surface area (Å²) < 4.78 is 36.5. The lowest BCUT2D eigenvalue weighted by atomic mass is 9.96. The van der Waals surface area contributed by atoms with E-state index in [1.54, 1.807) is 0 Å². The Morgan fingerprint density at radius 1 is 1.36 bits per heavy atom. The predicted molar refractivity (Wildman–Crippen MR) is 41.0 cm³/mol. The van der Waals surface area contributed by atoms with Gasteiger partial charge in [0, 0.05) is 13.1 Å². The molecule has 1 rings (SSSR count). The molecular formula is C8H9F3N2O. The second kappa shape index (κ2) is 3.86. The van der Waals surface area contributed by atoms with Gasteiger partial charge in [0.1, 0.15) is 0 Å². The van der Waals surface area contributed by atoms with Gasteiger partial charge in [0.25, 0.3) is 0 Å². The maximum Gasteiger partial charge on any atom is 0.391 e. The molecule has 0 aromatic rings. The molecule has 6 heteroatoms. The van der Waals surface area contributed by atoms with Crippen molar-refractivity contribution in [3.8, 4) is 6.07 Å². The highest BCUT2D eigenvalue weighted by atomic mass is 19.4. The largest absolute Gasteiger partial charge is 0.391 e. The Morgan fingerprint density at radius 3 is 2.21 bits per heavy atom. The first-order valence-electron chi connectivity index (χ1n) is 4.21. The number of hydrogen-bond donors (Lipinski definition) is 0. The minimum Gasteiger partial charge on any atom is -0.330 e. The number of amides is 1. The Kier molecular flexibility index (Phi) is 2.99. The number of carbonyl (C=O) groups excluding carboxylic acids is 1. The third-order valence-corrected chi connectivity index (χ3v) is 2.34. The molecule has 1 amide bonds. The average Bonchev–Trinajstić information content (AvgIpc) is 2.15. The number of alkyl halides is 3. The predicted octanol–water partition coefficient (Wildman–Crippen LogP) is 1.31. The number of hydrogen-bond acceptors (Lipinski definition) is 2. The highest BCUT2D eigenvalue weighted by Crippen LogP contribution is 2.33. The third-order valence-electron chi connectivity index (χ3n) is 2.34. The van der Waals surface area contributed by atoms with E-state index < -0.39 is 18.0 Å². The third kappa shape index (κ3) is 2.37. The molecule has 78 valence electrons. The minimum absolute atomic E-state index is 0.0244. The van der Waals surface area contributed by atoms with Crippen LogP contribution in [0.15, 0.2) is 0 Å². The molecule has 1 heterocycles. The molecule has 1 aliphatic heterocycles. The molecule has 1 saturated heterocycles. The zero-order valence-electron chi connectivity index (χ0n) is 7.34. The van der Waals surface area contributed by atoms with Crippen LogP contribution in [-0.4, -0.2) is 30.1 Å². The molecule has 14 heavy (non-hydrogen) atoms. The van der Waals surface area contributed by atoms with Crippen LogP contribution in [0.5, 0.6) is 0 Å². The first-order valence-corrected chi connectivity index (χ1v) is 4.21. The van der Waals surface area contributed by atoms with Gasteiger partial charge < -0.3 is 4.90 Å². The lowest BCUT2D eigenvalue weighted by molar-refractivity contribution is -0.185. The Balaban J connectivity index is 2.48. The van der Waals surface area contributed by atoms with Crippen LogP contribution in [0.3, 0.4) is 0 Å². The molecule has 0 saturated carbocycles. The molecule has 1 fully saturated rings. The molecule has 0 aromatic carbocycles. The fraction of sp³-hybridized carbons (Fsp3) is 0.750. The van der Waals surface area contributed by atoms with Gasteiger partial charge in [-0.05, 0) is 12.8 Å². The highest BCUT2D eigenvalue weighted by Gasteiger charge is 2.41. The summed E-state index contributed by atoms with van der Waals surface area (Å²) in [5.41, 5.74) is 0. The maximum atomic E-state index is 12.2. The Bertz CT molecular complexity index is 261. The van der Waals surface area contributed by atoms with Crippen LogP contribution in [-0.2, 0) is 4.79 Å². The van der Waals surface area contributed by atoms with Gasteiger partial charge in [-0.1, -0.05) is 0 Å². The Hall–Kier alpha value is -1.25. The summed E-state index contributed by atoms with van der Waals surface area (Å²) in [7, 11) is 0. The molecule has 3 nitrogen and oxygen atoms in total. The molecule has 0 N–H and O–H groups in total. The number of carbonyl (C=O) groups is 1. The van der Waals surface area contributed by atoms with E-state index in [1.165, 1.54) is 6.07 Å². The van der Waals surface area contributed by atoms with E-state index >= 15 is 0 Å². The number of rotatable bonds is 0. The molecule has 0 aliphatic carbocycles. The van der Waals surface area contributed by atoms with Crippen LogP contribution in [0.25, 0.3) is 0 Å². The molecule has 0 radical (unpaired) electrons. The first kappa shape index (κ1) is 10.8. The van der Waals surface area contributed by atoms with Crippen LogP contribution >= 0.6 is 0 Å². The normalized spacial score (nSPS) is 19.1. The van der Waals surface area contributed by atoms with Gasteiger partial charge in [0.05, 0.1) is 5.92 Å². The quantitative estimate of drug-likeness (QED) is 0.561. The van der Waals surface area contributed by atoms with Crippen LogP contribution in [0.1, 0.15) is 12.8 Å². The zero-order valence-corrected chi connectivity index (χ0v) is 7.34. The van der Waals surface area contributed by atoms with Crippen LogP contribution in [0.2, 0.25) is 0 Å². The van der Waals surface area contributed by atoms with Gasteiger partial charge in [0.2, 0.25) is 0 Å². The van der Waals surface area contributed by atoms with Crippen molar-refractivity contribution in [1.82, 2.24) is 4.90 Å². The van der Waals surface area contributed by atoms with Gasteiger partial charge >= 0.3 is 12.1 Å². The molecule has 0 atom stereocenters. The first-order chi connectivity index (χ1) is 6.45. The molecule has 0 aromatic heterocycles. The van der Waals surface area contributed by atoms with Crippen LogP contribution < -0.4 is 0 Å². The second-order valence-corrected chi connectivity index (χ2v) is 3.22. The summed E-state index contributed by atoms with van der Waals surface area (Å²) >= 11 is 0. The SMILES string of the molecule is N#CC(=O)N1CCC(C(F)(F)F)CC1. The number of halogens is 3. The van der Waals surface area contributed by atoms with E-state index in [9.17, 15) is 18.0 Å². The summed E-state index contributed by atoms with van der Waals surface area (Å²) in [6.07, 6.45) is -4.38. The van der Waals surface area contributed by atoms with Crippen molar-refractivity contribution < 1.29 is 18.0 Å². The molecule has 0 spiro atoms. The standard InChI is InChI=1S/C8H9F3N2O/c9-8(10,11)6-1-3-13(4-2-6)7(14)5-12/h6H,1-4H2. The summed E-state index contributed by atoms with van der Waals surface area (Å²) in [5, 5.41) is 8.25. The van der Waals surface area contributed by atoms with Gasteiger partial charge in [-0.3, -0.25) is 4.79 Å². The van der Waals surface area contributed by atoms with Crippen LogP contribution in [0.4, 0.5) is 13.2 Å². The number of piperidine rings is 1. The summed E-state index contributed by atoms with van der Waals surface area (Å²) in [6.45, 7) is 0.0487. The molecular weight excluding hydrogens is 197 g/mol. The summed E-state index contributed by atoms with van der Waals surface area (Å²) in [5.74, 6) is -2.07. The maximum absolute atomic E-state index is 12.2. The van der Waals surface area contributed by atoms with Crippen molar-refractivity contribution in [2.75, 3.05) is 13.1 Å². The van der Waals surface area contributed by atoms with E-state index in [2.05, 4.69) is 0 Å². The van der Waals surface area contributed by atoms with Gasteiger partial charge in [0.15, 0.2) is 6.07 Å². The zero-order chi connectivity index (χ0) is 10.8. The minimum atomic E-state index is -4.18. The van der Waals surface area contributed by atoms with E-state index in [0.29, 0.717) is 0 Å². The van der Waals surface area contributed by atoms with Gasteiger partial charge in [-0.2, -0.15) is 18.4 Å². The number of nitrogens with zero attached hydrogens (tertiary/aromatic N) is 2. The van der Waals surface area contributed by atoms with E-state index in [1.807, 2.05) is 0 Å². The van der Waals surface area contributed by atoms with Crippen molar-refractivity contribution in [1.29, 1.82) is 5.26 Å². The smallest absolute Gasteiger partial charge is 0.330 e. The van der Waals surface area contributed by atoms with Crippen molar-refractivity contribution in [3.05, 3.63) is 0 Å². The Labute approximate surface area is 79.1 Å². The monoisotopic (exact) mass is 206 g/mol. The molecule has 0 bridgehead atoms. The van der Waals surface area contributed by atoms with Crippen LogP contribution in [0, 0.1) is 17.2 Å². The molecule has 1 aliphatic rings. The number of nitriles is 1. The topological polar surface area (TPSA) is 44.1 Å². The Morgan fingerprint density at radius 2 is 1.86 bits per heavy atom. The van der Waals surface area contributed by atoms with Crippen molar-refractivity contribution in [3.63, 3.8) is 0 Å². The second-order valence-electron chi connectivity index (χ2n) is 3.22. The van der Waals surface area contributed by atoms with Gasteiger partial charge in [-0.25, -0.2) is 0 Å². The highest BCUT2D eigenvalue weighted by molar-refractivity contribution is 5.91. The fourth-order valence-electron chi connectivity index (χ4n) is 1.48. The summed E-state index contributed by atoms with van der Waals surface area (Å²) in [4.78, 5) is 12.0. The summed E-state index contributed by atoms with van der Waals surface area (Å²) in [6, 6.07) is 1.39. The molecule has 0 unspecified atom stereocenters. The van der Waals surface area contributed by atoms with Gasteiger partial charge in [-0.15, -0.1) is 0 Å². The van der Waals surface area contributed by atoms with Crippen molar-refractivity contribution in [2.24, 2.45) is 5.92 Å². The van der Waals surface area contributed by atoms with Crippen molar-refractivity contribution in [2.45, 2.75) is 19.0 Å². The van der Waals surface area contributed by atoms with E-state index in [-0.39, 0.29) is 25.9 Å². The van der Waals surface area contributed by atoms with E-state index in [4.69, 9.17) is 5.26 Å². The van der Waals surface area contributed by atoms with Crippen molar-refractivity contribution >= 4 is 5.91 Å². The van der Waals surface area contributed by atoms with E-state index in [0.717, 1.165) is 4.90 Å². The average molecular weight is 206 g/mol. The lowest BCUT2D eigenvalue weighted by Gasteiger charge is -2.31. The number of likely N-dealkylation sites (tertiary alicyclic amines) is 1. The lowest BCUT2D eigenvalue weighted by Crippen LogP contribution is -2.41. The fourth-order valence-corrected chi connectivity index (χ4v) is 1.48.